The summed E-state index contributed by atoms with van der Waals surface area (Å²) in [5, 5.41) is 13.3. The van der Waals surface area contributed by atoms with E-state index in [9.17, 15) is 10.1 Å². The Morgan fingerprint density at radius 2 is 1.75 bits per heavy atom. The number of nitriles is 1. The molecule has 0 aliphatic heterocycles. The fraction of sp³-hybridized carbons (Fsp3) is 0.154. The van der Waals surface area contributed by atoms with E-state index in [2.05, 4.69) is 50.5 Å². The number of methoxy groups -OCH3 is 2. The molecule has 0 fully saturated rings. The first-order valence-corrected chi connectivity index (χ1v) is 13.3. The Kier molecular flexibility index (Phi) is 10.5. The number of carbonyl (C=O) groups excluding carboxylic acids is 1. The molecular weight excluding hydrogens is 729 g/mol. The quantitative estimate of drug-likeness (QED) is 0.145. The van der Waals surface area contributed by atoms with Gasteiger partial charge in [0.15, 0.2) is 0 Å². The molecule has 0 aliphatic rings. The second-order valence-electron chi connectivity index (χ2n) is 7.38. The van der Waals surface area contributed by atoms with Crippen LogP contribution >= 0.6 is 68.4 Å². The lowest BCUT2D eigenvalue weighted by molar-refractivity contribution is -0.117. The first kappa shape index (κ1) is 28.4. The van der Waals surface area contributed by atoms with E-state index in [0.717, 1.165) is 18.3 Å². The third-order valence-corrected chi connectivity index (χ3v) is 7.34. The summed E-state index contributed by atoms with van der Waals surface area (Å²) in [7, 11) is 3.11. The summed E-state index contributed by atoms with van der Waals surface area (Å²) >= 11 is 16.4. The maximum Gasteiger partial charge on any atom is 0.262 e. The number of nitrogens with one attached hydrogen (secondary N) is 1. The van der Waals surface area contributed by atoms with Crippen LogP contribution in [-0.2, 0) is 17.9 Å². The van der Waals surface area contributed by atoms with Gasteiger partial charge in [-0.15, -0.1) is 0 Å². The van der Waals surface area contributed by atoms with Crippen LogP contribution in [0.15, 0.2) is 54.1 Å². The minimum absolute atomic E-state index is 0.0152. The molecule has 0 aliphatic carbocycles. The highest BCUT2D eigenvalue weighted by Gasteiger charge is 2.14. The Morgan fingerprint density at radius 3 is 2.36 bits per heavy atom. The third-order valence-electron chi connectivity index (χ3n) is 5.00. The molecule has 0 atom stereocenters. The van der Waals surface area contributed by atoms with Crippen LogP contribution in [0.4, 0.5) is 0 Å². The molecule has 10 heteroatoms. The lowest BCUT2D eigenvalue weighted by atomic mass is 10.1. The summed E-state index contributed by atoms with van der Waals surface area (Å²) in [4.78, 5) is 12.7. The molecule has 0 spiro atoms. The monoisotopic (exact) mass is 748 g/mol. The van der Waals surface area contributed by atoms with E-state index in [1.165, 1.54) is 0 Å². The van der Waals surface area contributed by atoms with Gasteiger partial charge in [0.25, 0.3) is 5.91 Å². The average molecular weight is 749 g/mol. The van der Waals surface area contributed by atoms with Gasteiger partial charge in [0.2, 0.25) is 0 Å². The number of carbonyl (C=O) groups is 1. The topological polar surface area (TPSA) is 80.6 Å². The number of halogens is 4. The van der Waals surface area contributed by atoms with Crippen LogP contribution in [0.25, 0.3) is 6.08 Å². The maximum absolute atomic E-state index is 12.7. The zero-order chi connectivity index (χ0) is 26.2. The van der Waals surface area contributed by atoms with Crippen molar-refractivity contribution in [3.63, 3.8) is 0 Å². The van der Waals surface area contributed by atoms with Crippen LogP contribution in [0.3, 0.4) is 0 Å². The summed E-state index contributed by atoms with van der Waals surface area (Å²) in [6.45, 7) is 0.514. The van der Waals surface area contributed by atoms with Crippen LogP contribution in [-0.4, -0.2) is 20.1 Å². The van der Waals surface area contributed by atoms with E-state index < -0.39 is 5.91 Å². The smallest absolute Gasteiger partial charge is 0.262 e. The van der Waals surface area contributed by atoms with Crippen molar-refractivity contribution in [3.8, 4) is 23.3 Å². The minimum atomic E-state index is -0.486. The molecule has 0 saturated heterocycles. The summed E-state index contributed by atoms with van der Waals surface area (Å²) in [6, 6.07) is 16.3. The molecular formula is C26H20Cl2I2N2O4. The van der Waals surface area contributed by atoms with E-state index in [1.54, 1.807) is 50.6 Å². The lowest BCUT2D eigenvalue weighted by Crippen LogP contribution is -2.24. The van der Waals surface area contributed by atoms with Crippen LogP contribution in [0.1, 0.15) is 16.7 Å². The van der Waals surface area contributed by atoms with Gasteiger partial charge in [0.05, 0.1) is 31.4 Å². The standard InChI is InChI=1S/C26H20Cl2I2N2O4/c1-34-19-5-4-17(24(11-19)35-2)13-32-26(33)18(12-31)7-16-9-22(29)25(23(30)10-16)36-14-15-3-6-20(27)21(28)8-15/h3-11H,13-14H2,1-2H3,(H,32,33)/b18-7+. The van der Waals surface area contributed by atoms with Crippen molar-refractivity contribution in [2.75, 3.05) is 14.2 Å². The van der Waals surface area contributed by atoms with Crippen molar-refractivity contribution >= 4 is 80.4 Å². The van der Waals surface area contributed by atoms with E-state index in [1.807, 2.05) is 24.3 Å². The number of hydrogen-bond acceptors (Lipinski definition) is 5. The van der Waals surface area contributed by atoms with Gasteiger partial charge in [-0.05, 0) is 98.8 Å². The molecule has 0 aromatic heterocycles. The SMILES string of the molecule is COc1ccc(CNC(=O)/C(C#N)=C/c2cc(I)c(OCc3ccc(Cl)c(Cl)c3)c(I)c2)c(OC)c1. The first-order valence-electron chi connectivity index (χ1n) is 10.4. The number of hydrogen-bond donors (Lipinski definition) is 1. The summed E-state index contributed by atoms with van der Waals surface area (Å²) < 4.78 is 18.2. The van der Waals surface area contributed by atoms with Crippen molar-refractivity contribution < 1.29 is 19.0 Å². The first-order chi connectivity index (χ1) is 17.2. The molecule has 0 radical (unpaired) electrons. The summed E-state index contributed by atoms with van der Waals surface area (Å²) in [5.41, 5.74) is 2.34. The molecule has 36 heavy (non-hydrogen) atoms. The normalized spacial score (nSPS) is 11.0. The number of benzene rings is 3. The highest BCUT2D eigenvalue weighted by molar-refractivity contribution is 14.1. The Morgan fingerprint density at radius 1 is 1.03 bits per heavy atom. The number of nitrogens with zero attached hydrogens (tertiary/aromatic N) is 1. The van der Waals surface area contributed by atoms with Gasteiger partial charge in [0.1, 0.15) is 35.5 Å². The molecule has 0 bridgehead atoms. The largest absolute Gasteiger partial charge is 0.497 e. The van der Waals surface area contributed by atoms with Crippen LogP contribution in [0.5, 0.6) is 17.2 Å². The fourth-order valence-corrected chi connectivity index (χ4v) is 5.62. The van der Waals surface area contributed by atoms with Gasteiger partial charge in [-0.1, -0.05) is 29.3 Å². The molecule has 6 nitrogen and oxygen atoms in total. The minimum Gasteiger partial charge on any atom is -0.497 e. The predicted octanol–water partition coefficient (Wildman–Crippen LogP) is 7.02. The van der Waals surface area contributed by atoms with Gasteiger partial charge in [0, 0.05) is 18.2 Å². The van der Waals surface area contributed by atoms with Crippen LogP contribution in [0.2, 0.25) is 10.0 Å². The van der Waals surface area contributed by atoms with E-state index in [-0.39, 0.29) is 12.1 Å². The van der Waals surface area contributed by atoms with Crippen LogP contribution < -0.4 is 19.5 Å². The zero-order valence-electron chi connectivity index (χ0n) is 19.2. The zero-order valence-corrected chi connectivity index (χ0v) is 25.0. The highest BCUT2D eigenvalue weighted by atomic mass is 127. The average Bonchev–Trinajstić information content (AvgIpc) is 2.87. The number of ether oxygens (including phenoxy) is 3. The molecule has 186 valence electrons. The molecule has 1 amide bonds. The third kappa shape index (κ3) is 7.41. The summed E-state index contributed by atoms with van der Waals surface area (Å²) in [6.07, 6.45) is 1.55. The Balaban J connectivity index is 1.72. The van der Waals surface area contributed by atoms with Crippen LogP contribution in [0, 0.1) is 18.5 Å². The summed E-state index contributed by atoms with van der Waals surface area (Å²) in [5.74, 6) is 1.44. The fourth-order valence-electron chi connectivity index (χ4n) is 3.17. The molecule has 0 saturated carbocycles. The molecule has 3 rings (SSSR count). The van der Waals surface area contributed by atoms with E-state index >= 15 is 0 Å². The number of amides is 1. The second-order valence-corrected chi connectivity index (χ2v) is 10.5. The van der Waals surface area contributed by atoms with Crippen molar-refractivity contribution in [1.29, 1.82) is 5.26 Å². The molecule has 3 aromatic carbocycles. The van der Waals surface area contributed by atoms with Crippen molar-refractivity contribution in [3.05, 3.63) is 88.0 Å². The van der Waals surface area contributed by atoms with Gasteiger partial charge in [-0.2, -0.15) is 5.26 Å². The van der Waals surface area contributed by atoms with Gasteiger partial charge < -0.3 is 19.5 Å². The molecule has 1 N–H and O–H groups in total. The molecule has 0 heterocycles. The van der Waals surface area contributed by atoms with Crippen molar-refractivity contribution in [1.82, 2.24) is 5.32 Å². The second kappa shape index (κ2) is 13.4. The molecule has 0 unspecified atom stereocenters. The Labute approximate surface area is 246 Å². The Hall–Kier alpha value is -2.20. The lowest BCUT2D eigenvalue weighted by Gasteiger charge is -2.13. The van der Waals surface area contributed by atoms with Gasteiger partial charge in [-0.3, -0.25) is 4.79 Å². The van der Waals surface area contributed by atoms with Crippen molar-refractivity contribution in [2.24, 2.45) is 0 Å². The Bertz CT molecular complexity index is 1330. The highest BCUT2D eigenvalue weighted by Crippen LogP contribution is 2.31. The maximum atomic E-state index is 12.7. The van der Waals surface area contributed by atoms with Gasteiger partial charge >= 0.3 is 0 Å². The van der Waals surface area contributed by atoms with E-state index in [4.69, 9.17) is 37.4 Å². The molecule has 3 aromatic rings. The van der Waals surface area contributed by atoms with E-state index in [0.29, 0.717) is 39.5 Å². The van der Waals surface area contributed by atoms with Crippen molar-refractivity contribution in [2.45, 2.75) is 13.2 Å². The number of rotatable bonds is 9. The van der Waals surface area contributed by atoms with Gasteiger partial charge in [-0.25, -0.2) is 0 Å². The predicted molar refractivity (Wildman–Crippen MR) is 158 cm³/mol.